The molecule has 0 saturated heterocycles. The molecule has 0 aliphatic carbocycles. The van der Waals surface area contributed by atoms with Gasteiger partial charge in [-0.25, -0.2) is 4.79 Å². The van der Waals surface area contributed by atoms with Gasteiger partial charge in [0, 0.05) is 5.57 Å². The highest BCUT2D eigenvalue weighted by atomic mass is 16.5. The van der Waals surface area contributed by atoms with Crippen LogP contribution in [0.25, 0.3) is 0 Å². The molecular formula is C16H28O2. The third kappa shape index (κ3) is 8.10. The maximum atomic E-state index is 11.4. The van der Waals surface area contributed by atoms with E-state index in [-0.39, 0.29) is 5.97 Å². The average molecular weight is 252 g/mol. The van der Waals surface area contributed by atoms with Gasteiger partial charge in [0.1, 0.15) is 0 Å². The first-order chi connectivity index (χ1) is 8.65. The lowest BCUT2D eigenvalue weighted by Gasteiger charge is -2.09. The molecule has 0 bridgehead atoms. The Morgan fingerprint density at radius 1 is 1.17 bits per heavy atom. The lowest BCUT2D eigenvalue weighted by molar-refractivity contribution is -0.136. The standard InChI is InChI=1S/C16H28O2/c1-5-7-9-11-15(12-10-8-6-2)13-14(3)16(17)18-4/h11H,3,5-10,12-13H2,1-2,4H3/b15-11+. The van der Waals surface area contributed by atoms with Gasteiger partial charge in [-0.15, -0.1) is 0 Å². The summed E-state index contributed by atoms with van der Waals surface area (Å²) in [7, 11) is 1.41. The first-order valence-electron chi connectivity index (χ1n) is 7.09. The van der Waals surface area contributed by atoms with Crippen LogP contribution in [0.4, 0.5) is 0 Å². The highest BCUT2D eigenvalue weighted by molar-refractivity contribution is 5.88. The van der Waals surface area contributed by atoms with Crippen molar-refractivity contribution in [3.63, 3.8) is 0 Å². The Morgan fingerprint density at radius 3 is 2.39 bits per heavy atom. The first-order valence-corrected chi connectivity index (χ1v) is 7.09. The summed E-state index contributed by atoms with van der Waals surface area (Å²) < 4.78 is 4.70. The van der Waals surface area contributed by atoms with Crippen molar-refractivity contribution in [2.24, 2.45) is 0 Å². The number of hydrogen-bond donors (Lipinski definition) is 0. The third-order valence-electron chi connectivity index (χ3n) is 3.01. The van der Waals surface area contributed by atoms with Crippen LogP contribution in [0, 0.1) is 0 Å². The Bertz CT molecular complexity index is 277. The molecular weight excluding hydrogens is 224 g/mol. The summed E-state index contributed by atoms with van der Waals surface area (Å²) >= 11 is 0. The van der Waals surface area contributed by atoms with E-state index in [9.17, 15) is 4.79 Å². The molecule has 0 fully saturated rings. The van der Waals surface area contributed by atoms with Crippen LogP contribution in [-0.4, -0.2) is 13.1 Å². The number of rotatable bonds is 10. The maximum absolute atomic E-state index is 11.4. The van der Waals surface area contributed by atoms with Crippen LogP contribution in [0.3, 0.4) is 0 Å². The minimum atomic E-state index is -0.285. The largest absolute Gasteiger partial charge is 0.466 e. The molecule has 0 spiro atoms. The van der Waals surface area contributed by atoms with Gasteiger partial charge in [-0.05, 0) is 25.7 Å². The predicted octanol–water partition coefficient (Wildman–Crippen LogP) is 4.80. The van der Waals surface area contributed by atoms with Crippen molar-refractivity contribution in [3.8, 4) is 0 Å². The molecule has 0 aliphatic rings. The smallest absolute Gasteiger partial charge is 0.333 e. The van der Waals surface area contributed by atoms with E-state index in [4.69, 9.17) is 4.74 Å². The average Bonchev–Trinajstić information content (AvgIpc) is 2.37. The number of allylic oxidation sites excluding steroid dienone is 2. The molecule has 0 radical (unpaired) electrons. The predicted molar refractivity (Wildman–Crippen MR) is 77.5 cm³/mol. The Labute approximate surface area is 112 Å². The monoisotopic (exact) mass is 252 g/mol. The molecule has 104 valence electrons. The maximum Gasteiger partial charge on any atom is 0.333 e. The van der Waals surface area contributed by atoms with Crippen molar-refractivity contribution >= 4 is 5.97 Å². The van der Waals surface area contributed by atoms with Crippen LogP contribution < -0.4 is 0 Å². The second kappa shape index (κ2) is 11.1. The molecule has 0 unspecified atom stereocenters. The van der Waals surface area contributed by atoms with E-state index in [0.717, 1.165) is 12.8 Å². The second-order valence-electron chi connectivity index (χ2n) is 4.73. The van der Waals surface area contributed by atoms with Crippen LogP contribution in [0.5, 0.6) is 0 Å². The molecule has 0 saturated carbocycles. The zero-order valence-electron chi connectivity index (χ0n) is 12.3. The van der Waals surface area contributed by atoms with Crippen molar-refractivity contribution in [1.82, 2.24) is 0 Å². The molecule has 0 aliphatic heterocycles. The number of methoxy groups -OCH3 is 1. The fourth-order valence-electron chi connectivity index (χ4n) is 1.87. The van der Waals surface area contributed by atoms with Crippen molar-refractivity contribution in [3.05, 3.63) is 23.8 Å². The summed E-state index contributed by atoms with van der Waals surface area (Å²) in [5.41, 5.74) is 1.91. The molecule has 18 heavy (non-hydrogen) atoms. The third-order valence-corrected chi connectivity index (χ3v) is 3.01. The SMILES string of the molecule is C=C(C/C(=C/CCCC)CCCCC)C(=O)OC. The lowest BCUT2D eigenvalue weighted by atomic mass is 9.99. The summed E-state index contributed by atoms with van der Waals surface area (Å²) in [4.78, 5) is 11.4. The van der Waals surface area contributed by atoms with Crippen molar-refractivity contribution in [2.45, 2.75) is 65.2 Å². The number of ether oxygens (including phenoxy) is 1. The van der Waals surface area contributed by atoms with Gasteiger partial charge in [0.2, 0.25) is 0 Å². The molecule has 0 heterocycles. The van der Waals surface area contributed by atoms with Gasteiger partial charge in [0.25, 0.3) is 0 Å². The minimum Gasteiger partial charge on any atom is -0.466 e. The number of hydrogen-bond acceptors (Lipinski definition) is 2. The van der Waals surface area contributed by atoms with Gasteiger partial charge in [-0.1, -0.05) is 57.8 Å². The Balaban J connectivity index is 4.31. The van der Waals surface area contributed by atoms with Gasteiger partial charge in [0.15, 0.2) is 0 Å². The van der Waals surface area contributed by atoms with Gasteiger partial charge in [-0.3, -0.25) is 0 Å². The zero-order valence-corrected chi connectivity index (χ0v) is 12.3. The van der Waals surface area contributed by atoms with Gasteiger partial charge in [0.05, 0.1) is 7.11 Å². The minimum absolute atomic E-state index is 0.285. The number of carbonyl (C=O) groups excluding carboxylic acids is 1. The Hall–Kier alpha value is -1.05. The second-order valence-corrected chi connectivity index (χ2v) is 4.73. The van der Waals surface area contributed by atoms with Gasteiger partial charge >= 0.3 is 5.97 Å². The highest BCUT2D eigenvalue weighted by Crippen LogP contribution is 2.19. The van der Waals surface area contributed by atoms with E-state index >= 15 is 0 Å². The molecule has 2 heteroatoms. The van der Waals surface area contributed by atoms with Crippen LogP contribution in [0.15, 0.2) is 23.8 Å². The van der Waals surface area contributed by atoms with Crippen molar-refractivity contribution < 1.29 is 9.53 Å². The summed E-state index contributed by atoms with van der Waals surface area (Å²) in [6.07, 6.45) is 11.2. The summed E-state index contributed by atoms with van der Waals surface area (Å²) in [5, 5.41) is 0. The van der Waals surface area contributed by atoms with Gasteiger partial charge < -0.3 is 4.74 Å². The summed E-state index contributed by atoms with van der Waals surface area (Å²) in [6, 6.07) is 0. The van der Waals surface area contributed by atoms with Crippen LogP contribution in [-0.2, 0) is 9.53 Å². The highest BCUT2D eigenvalue weighted by Gasteiger charge is 2.09. The van der Waals surface area contributed by atoms with Crippen LogP contribution in [0.2, 0.25) is 0 Å². The lowest BCUT2D eigenvalue weighted by Crippen LogP contribution is -2.04. The van der Waals surface area contributed by atoms with E-state index in [2.05, 4.69) is 26.5 Å². The molecule has 0 aromatic rings. The summed E-state index contributed by atoms with van der Waals surface area (Å²) in [5.74, 6) is -0.285. The normalized spacial score (nSPS) is 11.4. The van der Waals surface area contributed by atoms with Gasteiger partial charge in [-0.2, -0.15) is 0 Å². The van der Waals surface area contributed by atoms with E-state index in [1.54, 1.807) is 0 Å². The number of esters is 1. The zero-order chi connectivity index (χ0) is 13.8. The number of carbonyl (C=O) groups is 1. The topological polar surface area (TPSA) is 26.3 Å². The Morgan fingerprint density at radius 2 is 1.83 bits per heavy atom. The van der Waals surface area contributed by atoms with Crippen molar-refractivity contribution in [1.29, 1.82) is 0 Å². The van der Waals surface area contributed by atoms with E-state index < -0.39 is 0 Å². The molecule has 0 aromatic heterocycles. The van der Waals surface area contributed by atoms with E-state index in [1.807, 2.05) is 0 Å². The van der Waals surface area contributed by atoms with E-state index in [1.165, 1.54) is 44.8 Å². The molecule has 0 aromatic carbocycles. The van der Waals surface area contributed by atoms with Crippen LogP contribution >= 0.6 is 0 Å². The molecule has 2 nitrogen and oxygen atoms in total. The first kappa shape index (κ1) is 16.9. The fraction of sp³-hybridized carbons (Fsp3) is 0.688. The van der Waals surface area contributed by atoms with Crippen molar-refractivity contribution in [2.75, 3.05) is 7.11 Å². The molecule has 0 atom stereocenters. The number of unbranched alkanes of at least 4 members (excludes halogenated alkanes) is 4. The van der Waals surface area contributed by atoms with Crippen LogP contribution in [0.1, 0.15) is 65.2 Å². The molecule has 0 N–H and O–H groups in total. The summed E-state index contributed by atoms with van der Waals surface area (Å²) in [6.45, 7) is 8.20. The molecule has 0 rings (SSSR count). The Kier molecular flexibility index (Phi) is 10.4. The van der Waals surface area contributed by atoms with E-state index in [0.29, 0.717) is 12.0 Å². The quantitative estimate of drug-likeness (QED) is 0.241. The molecule has 0 amide bonds. The fourth-order valence-corrected chi connectivity index (χ4v) is 1.87.